The first-order valence-corrected chi connectivity index (χ1v) is 8.34. The summed E-state index contributed by atoms with van der Waals surface area (Å²) in [6.07, 6.45) is 0.674. The van der Waals surface area contributed by atoms with E-state index in [0.29, 0.717) is 12.1 Å². The Bertz CT molecular complexity index is 1010. The van der Waals surface area contributed by atoms with Crippen molar-refractivity contribution in [3.8, 4) is 11.1 Å². The van der Waals surface area contributed by atoms with Crippen LogP contribution in [0, 0.1) is 6.92 Å². The highest BCUT2D eigenvalue weighted by Crippen LogP contribution is 2.26. The SMILES string of the molecule is Cc1[nH]n2c(=O)cc(Cc3ccsc3)nc2c1-c1ccccc1. The lowest BCUT2D eigenvalue weighted by molar-refractivity contribution is 0.866. The van der Waals surface area contributed by atoms with Gasteiger partial charge in [0.05, 0.1) is 5.69 Å². The summed E-state index contributed by atoms with van der Waals surface area (Å²) >= 11 is 1.65. The Morgan fingerprint density at radius 2 is 2.04 bits per heavy atom. The quantitative estimate of drug-likeness (QED) is 0.626. The molecule has 0 unspecified atom stereocenters. The summed E-state index contributed by atoms with van der Waals surface area (Å²) < 4.78 is 1.52. The number of fused-ring (bicyclic) bond motifs is 1. The molecular formula is C18H15N3OS. The molecule has 1 aromatic carbocycles. The highest BCUT2D eigenvalue weighted by molar-refractivity contribution is 7.07. The maximum Gasteiger partial charge on any atom is 0.272 e. The average Bonchev–Trinajstić information content (AvgIpc) is 3.16. The Hall–Kier alpha value is -2.66. The number of rotatable bonds is 3. The lowest BCUT2D eigenvalue weighted by Gasteiger charge is -2.02. The van der Waals surface area contributed by atoms with Crippen molar-refractivity contribution in [1.82, 2.24) is 14.6 Å². The van der Waals surface area contributed by atoms with Gasteiger partial charge in [-0.05, 0) is 34.9 Å². The van der Waals surface area contributed by atoms with Crippen LogP contribution in [0.1, 0.15) is 17.0 Å². The summed E-state index contributed by atoms with van der Waals surface area (Å²) in [5.41, 5.74) is 5.56. The molecule has 0 bridgehead atoms. The highest BCUT2D eigenvalue weighted by atomic mass is 32.1. The monoisotopic (exact) mass is 321 g/mol. The third-order valence-corrected chi connectivity index (χ3v) is 4.61. The smallest absolute Gasteiger partial charge is 0.272 e. The molecule has 0 aliphatic rings. The van der Waals surface area contributed by atoms with Crippen molar-refractivity contribution in [3.63, 3.8) is 0 Å². The number of benzene rings is 1. The number of aromatic amines is 1. The lowest BCUT2D eigenvalue weighted by Crippen LogP contribution is -2.15. The number of thiophene rings is 1. The van der Waals surface area contributed by atoms with E-state index in [9.17, 15) is 4.79 Å². The summed E-state index contributed by atoms with van der Waals surface area (Å²) in [6.45, 7) is 1.97. The fraction of sp³-hybridized carbons (Fsp3) is 0.111. The van der Waals surface area contributed by atoms with Gasteiger partial charge in [0.1, 0.15) is 0 Å². The fourth-order valence-corrected chi connectivity index (χ4v) is 3.51. The number of aryl methyl sites for hydroxylation is 1. The number of hydrogen-bond donors (Lipinski definition) is 1. The fourth-order valence-electron chi connectivity index (χ4n) is 2.84. The standard InChI is InChI=1S/C18H15N3OS/c1-12-17(14-5-3-2-4-6-14)18-19-15(9-13-7-8-23-11-13)10-16(22)21(18)20-12/h2-8,10-11,20H,9H2,1H3. The predicted molar refractivity (Wildman–Crippen MR) is 93.1 cm³/mol. The van der Waals surface area contributed by atoms with Crippen molar-refractivity contribution in [2.45, 2.75) is 13.3 Å². The van der Waals surface area contributed by atoms with E-state index >= 15 is 0 Å². The van der Waals surface area contributed by atoms with Crippen LogP contribution in [0.15, 0.2) is 58.0 Å². The zero-order valence-corrected chi connectivity index (χ0v) is 13.4. The van der Waals surface area contributed by atoms with Crippen LogP contribution in [0.2, 0.25) is 0 Å². The Balaban J connectivity index is 1.92. The van der Waals surface area contributed by atoms with E-state index < -0.39 is 0 Å². The largest absolute Gasteiger partial charge is 0.293 e. The van der Waals surface area contributed by atoms with E-state index in [1.165, 1.54) is 10.1 Å². The number of aromatic nitrogens is 3. The van der Waals surface area contributed by atoms with Gasteiger partial charge >= 0.3 is 0 Å². The summed E-state index contributed by atoms with van der Waals surface area (Å²) in [4.78, 5) is 17.2. The van der Waals surface area contributed by atoms with Crippen molar-refractivity contribution in [2.24, 2.45) is 0 Å². The van der Waals surface area contributed by atoms with Gasteiger partial charge in [-0.1, -0.05) is 30.3 Å². The van der Waals surface area contributed by atoms with Gasteiger partial charge in [0.15, 0.2) is 5.65 Å². The molecule has 0 spiro atoms. The molecule has 0 radical (unpaired) electrons. The topological polar surface area (TPSA) is 50.2 Å². The van der Waals surface area contributed by atoms with Crippen LogP contribution < -0.4 is 5.56 Å². The van der Waals surface area contributed by atoms with Gasteiger partial charge in [-0.15, -0.1) is 0 Å². The third-order valence-electron chi connectivity index (χ3n) is 3.88. The highest BCUT2D eigenvalue weighted by Gasteiger charge is 2.14. The maximum atomic E-state index is 12.4. The Morgan fingerprint density at radius 1 is 1.22 bits per heavy atom. The van der Waals surface area contributed by atoms with Crippen molar-refractivity contribution in [3.05, 3.63) is 80.5 Å². The molecule has 0 atom stereocenters. The maximum absolute atomic E-state index is 12.4. The van der Waals surface area contributed by atoms with Crippen LogP contribution in [0.3, 0.4) is 0 Å². The lowest BCUT2D eigenvalue weighted by atomic mass is 10.1. The zero-order valence-electron chi connectivity index (χ0n) is 12.6. The Labute approximate surface area is 137 Å². The summed E-state index contributed by atoms with van der Waals surface area (Å²) in [6, 6.07) is 13.7. The van der Waals surface area contributed by atoms with E-state index in [-0.39, 0.29) is 5.56 Å². The molecule has 4 nitrogen and oxygen atoms in total. The van der Waals surface area contributed by atoms with Gasteiger partial charge in [0, 0.05) is 23.7 Å². The minimum atomic E-state index is -0.0782. The summed E-state index contributed by atoms with van der Waals surface area (Å²) in [7, 11) is 0. The molecular weight excluding hydrogens is 306 g/mol. The molecule has 0 saturated carbocycles. The van der Waals surface area contributed by atoms with Gasteiger partial charge in [-0.3, -0.25) is 9.89 Å². The molecule has 0 saturated heterocycles. The van der Waals surface area contributed by atoms with Gasteiger partial charge in [-0.2, -0.15) is 11.3 Å². The van der Waals surface area contributed by atoms with Crippen LogP contribution in [-0.2, 0) is 6.42 Å². The number of hydrogen-bond acceptors (Lipinski definition) is 3. The predicted octanol–water partition coefficient (Wildman–Crippen LogP) is 3.65. The van der Waals surface area contributed by atoms with Crippen LogP contribution in [0.4, 0.5) is 0 Å². The minimum absolute atomic E-state index is 0.0782. The molecule has 23 heavy (non-hydrogen) atoms. The second-order valence-electron chi connectivity index (χ2n) is 5.53. The molecule has 0 aliphatic carbocycles. The molecule has 3 heterocycles. The van der Waals surface area contributed by atoms with Crippen molar-refractivity contribution in [1.29, 1.82) is 0 Å². The van der Waals surface area contributed by atoms with Crippen molar-refractivity contribution in [2.75, 3.05) is 0 Å². The molecule has 4 rings (SSSR count). The normalized spacial score (nSPS) is 11.2. The molecule has 0 amide bonds. The van der Waals surface area contributed by atoms with Gasteiger partial charge in [-0.25, -0.2) is 9.50 Å². The molecule has 3 aromatic heterocycles. The second kappa shape index (κ2) is 5.52. The first-order chi connectivity index (χ1) is 11.2. The van der Waals surface area contributed by atoms with Crippen molar-refractivity contribution >= 4 is 17.0 Å². The third kappa shape index (κ3) is 2.49. The molecule has 4 aromatic rings. The van der Waals surface area contributed by atoms with E-state index in [2.05, 4.69) is 16.5 Å². The average molecular weight is 321 g/mol. The van der Waals surface area contributed by atoms with Gasteiger partial charge in [0.25, 0.3) is 5.56 Å². The van der Waals surface area contributed by atoms with Gasteiger partial charge in [0.2, 0.25) is 0 Å². The number of H-pyrrole nitrogens is 1. The van der Waals surface area contributed by atoms with E-state index in [1.54, 1.807) is 17.4 Å². The molecule has 0 aliphatic heterocycles. The van der Waals surface area contributed by atoms with Gasteiger partial charge < -0.3 is 0 Å². The molecule has 0 fully saturated rings. The van der Waals surface area contributed by atoms with Crippen LogP contribution >= 0.6 is 11.3 Å². The number of nitrogens with one attached hydrogen (secondary N) is 1. The van der Waals surface area contributed by atoms with Crippen molar-refractivity contribution < 1.29 is 0 Å². The van der Waals surface area contributed by atoms with Crippen LogP contribution in [-0.4, -0.2) is 14.6 Å². The van der Waals surface area contributed by atoms with E-state index in [1.807, 2.05) is 42.6 Å². The van der Waals surface area contributed by atoms with E-state index in [0.717, 1.165) is 22.5 Å². The summed E-state index contributed by atoms with van der Waals surface area (Å²) in [5.74, 6) is 0. The first kappa shape index (κ1) is 14.0. The number of nitrogens with zero attached hydrogens (tertiary/aromatic N) is 2. The zero-order chi connectivity index (χ0) is 15.8. The second-order valence-corrected chi connectivity index (χ2v) is 6.31. The van der Waals surface area contributed by atoms with Crippen LogP contribution in [0.25, 0.3) is 16.8 Å². The minimum Gasteiger partial charge on any atom is -0.293 e. The Kier molecular flexibility index (Phi) is 3.35. The molecule has 1 N–H and O–H groups in total. The van der Waals surface area contributed by atoms with Crippen LogP contribution in [0.5, 0.6) is 0 Å². The van der Waals surface area contributed by atoms with E-state index in [4.69, 9.17) is 4.98 Å². The summed E-state index contributed by atoms with van der Waals surface area (Å²) in [5, 5.41) is 7.25. The Morgan fingerprint density at radius 3 is 2.78 bits per heavy atom. The molecule has 5 heteroatoms. The molecule has 114 valence electrons. The first-order valence-electron chi connectivity index (χ1n) is 7.40.